The van der Waals surface area contributed by atoms with E-state index in [1.54, 1.807) is 12.3 Å². The summed E-state index contributed by atoms with van der Waals surface area (Å²) >= 11 is 3.63. The first-order valence-electron chi connectivity index (χ1n) is 12.3. The van der Waals surface area contributed by atoms with Crippen LogP contribution in [0.1, 0.15) is 23.6 Å². The van der Waals surface area contributed by atoms with Gasteiger partial charge in [0.15, 0.2) is 17.3 Å². The zero-order chi connectivity index (χ0) is 26.5. The molecule has 5 rings (SSSR count). The van der Waals surface area contributed by atoms with Gasteiger partial charge < -0.3 is 9.47 Å². The van der Waals surface area contributed by atoms with Crippen molar-refractivity contribution in [1.82, 2.24) is 9.66 Å². The summed E-state index contributed by atoms with van der Waals surface area (Å²) in [5, 5.41) is 5.08. The molecule has 0 saturated carbocycles. The lowest BCUT2D eigenvalue weighted by molar-refractivity contribution is 0.267. The molecule has 1 aromatic heterocycles. The van der Waals surface area contributed by atoms with E-state index in [-0.39, 0.29) is 5.56 Å². The molecule has 0 aliphatic carbocycles. The molecular formula is C31H26BrN3O3. The smallest absolute Gasteiger partial charge is 0.282 e. The van der Waals surface area contributed by atoms with Gasteiger partial charge in [0.25, 0.3) is 5.56 Å². The third-order valence-corrected chi connectivity index (χ3v) is 6.53. The number of hydrogen-bond acceptors (Lipinski definition) is 5. The van der Waals surface area contributed by atoms with E-state index in [1.807, 2.05) is 79.7 Å². The highest BCUT2D eigenvalue weighted by Gasteiger charge is 2.14. The maximum absolute atomic E-state index is 13.4. The highest BCUT2D eigenvalue weighted by Crippen LogP contribution is 2.37. The Balaban J connectivity index is 1.52. The summed E-state index contributed by atoms with van der Waals surface area (Å²) in [6.45, 7) is 4.86. The van der Waals surface area contributed by atoms with E-state index in [9.17, 15) is 4.79 Å². The SMILES string of the molecule is CCOc1cc(C=Nn2c(-c3ccccc3)nc3ccccc3c2=O)cc(Br)c1OCc1ccc(C)cc1. The lowest BCUT2D eigenvalue weighted by atomic mass is 10.1. The van der Waals surface area contributed by atoms with Crippen LogP contribution in [-0.2, 0) is 6.61 Å². The van der Waals surface area contributed by atoms with Gasteiger partial charge in [-0.15, -0.1) is 0 Å². The van der Waals surface area contributed by atoms with Crippen LogP contribution in [-0.4, -0.2) is 22.5 Å². The van der Waals surface area contributed by atoms with Crippen molar-refractivity contribution in [3.8, 4) is 22.9 Å². The molecule has 0 spiro atoms. The predicted molar refractivity (Wildman–Crippen MR) is 155 cm³/mol. The van der Waals surface area contributed by atoms with Crippen molar-refractivity contribution >= 4 is 33.0 Å². The van der Waals surface area contributed by atoms with Crippen molar-refractivity contribution in [2.45, 2.75) is 20.5 Å². The molecule has 0 saturated heterocycles. The Labute approximate surface area is 229 Å². The highest BCUT2D eigenvalue weighted by atomic mass is 79.9. The minimum atomic E-state index is -0.243. The van der Waals surface area contributed by atoms with Gasteiger partial charge in [-0.2, -0.15) is 9.78 Å². The van der Waals surface area contributed by atoms with Crippen LogP contribution < -0.4 is 15.0 Å². The number of rotatable bonds is 8. The first-order chi connectivity index (χ1) is 18.5. The van der Waals surface area contributed by atoms with Gasteiger partial charge in [-0.3, -0.25) is 4.79 Å². The second-order valence-corrected chi connectivity index (χ2v) is 9.57. The maximum Gasteiger partial charge on any atom is 0.282 e. The van der Waals surface area contributed by atoms with Crippen molar-refractivity contribution in [2.75, 3.05) is 6.61 Å². The number of aromatic nitrogens is 2. The number of benzene rings is 4. The van der Waals surface area contributed by atoms with Gasteiger partial charge >= 0.3 is 0 Å². The molecule has 0 bridgehead atoms. The monoisotopic (exact) mass is 567 g/mol. The van der Waals surface area contributed by atoms with E-state index in [0.717, 1.165) is 21.2 Å². The topological polar surface area (TPSA) is 65.7 Å². The highest BCUT2D eigenvalue weighted by molar-refractivity contribution is 9.10. The zero-order valence-electron chi connectivity index (χ0n) is 21.1. The molecular weight excluding hydrogens is 542 g/mol. The van der Waals surface area contributed by atoms with Crippen LogP contribution in [0.4, 0.5) is 0 Å². The largest absolute Gasteiger partial charge is 0.490 e. The standard InChI is InChI=1S/C31H26BrN3O3/c1-3-37-28-18-23(17-26(32)29(28)38-20-22-15-13-21(2)14-16-22)19-33-35-30(24-9-5-4-6-10-24)34-27-12-8-7-11-25(27)31(35)36/h4-19H,3,20H2,1-2H3. The number of ether oxygens (including phenoxy) is 2. The van der Waals surface area contributed by atoms with E-state index < -0.39 is 0 Å². The Morgan fingerprint density at radius 3 is 2.45 bits per heavy atom. The molecule has 0 aliphatic rings. The van der Waals surface area contributed by atoms with Gasteiger partial charge in [0.05, 0.1) is 28.2 Å². The maximum atomic E-state index is 13.4. The second kappa shape index (κ2) is 11.4. The lowest BCUT2D eigenvalue weighted by Crippen LogP contribution is -2.20. The fourth-order valence-electron chi connectivity index (χ4n) is 4.03. The van der Waals surface area contributed by atoms with Crippen molar-refractivity contribution in [3.05, 3.63) is 123 Å². The van der Waals surface area contributed by atoms with E-state index in [2.05, 4.69) is 40.1 Å². The number of aryl methyl sites for hydroxylation is 1. The number of nitrogens with zero attached hydrogens (tertiary/aromatic N) is 3. The van der Waals surface area contributed by atoms with Crippen LogP contribution in [0.5, 0.6) is 11.5 Å². The van der Waals surface area contributed by atoms with Crippen molar-refractivity contribution in [3.63, 3.8) is 0 Å². The Hall–Kier alpha value is -4.23. The van der Waals surface area contributed by atoms with E-state index in [4.69, 9.17) is 14.5 Å². The number of fused-ring (bicyclic) bond motifs is 1. The summed E-state index contributed by atoms with van der Waals surface area (Å²) < 4.78 is 14.1. The van der Waals surface area contributed by atoms with Gasteiger partial charge in [-0.25, -0.2) is 4.98 Å². The fourth-order valence-corrected chi connectivity index (χ4v) is 4.61. The molecule has 0 radical (unpaired) electrons. The Morgan fingerprint density at radius 1 is 0.947 bits per heavy atom. The van der Waals surface area contributed by atoms with Crippen LogP contribution in [0.3, 0.4) is 0 Å². The minimum absolute atomic E-state index is 0.243. The van der Waals surface area contributed by atoms with Gasteiger partial charge in [-0.1, -0.05) is 72.3 Å². The fraction of sp³-hybridized carbons (Fsp3) is 0.129. The number of halogens is 1. The normalized spacial score (nSPS) is 11.2. The average molecular weight is 568 g/mol. The molecule has 6 nitrogen and oxygen atoms in total. The first-order valence-corrected chi connectivity index (χ1v) is 13.1. The number of hydrogen-bond donors (Lipinski definition) is 0. The number of para-hydroxylation sites is 1. The summed E-state index contributed by atoms with van der Waals surface area (Å²) in [5.41, 5.74) is 4.18. The third-order valence-electron chi connectivity index (χ3n) is 5.94. The Bertz CT molecular complexity index is 1660. The molecule has 190 valence electrons. The summed E-state index contributed by atoms with van der Waals surface area (Å²) in [5.74, 6) is 1.66. The molecule has 5 aromatic rings. The summed E-state index contributed by atoms with van der Waals surface area (Å²) in [6.07, 6.45) is 1.63. The predicted octanol–water partition coefficient (Wildman–Crippen LogP) is 6.99. The first kappa shape index (κ1) is 25.4. The molecule has 0 fully saturated rings. The minimum Gasteiger partial charge on any atom is -0.490 e. The molecule has 0 unspecified atom stereocenters. The third kappa shape index (κ3) is 5.53. The van der Waals surface area contributed by atoms with E-state index in [1.165, 1.54) is 10.2 Å². The molecule has 0 aliphatic heterocycles. The molecule has 4 aromatic carbocycles. The Kier molecular flexibility index (Phi) is 7.65. The lowest BCUT2D eigenvalue weighted by Gasteiger charge is -2.15. The summed E-state index contributed by atoms with van der Waals surface area (Å²) in [4.78, 5) is 18.2. The van der Waals surface area contributed by atoms with Crippen molar-refractivity contribution in [2.24, 2.45) is 5.10 Å². The van der Waals surface area contributed by atoms with E-state index in [0.29, 0.717) is 41.4 Å². The molecule has 0 N–H and O–H groups in total. The quantitative estimate of drug-likeness (QED) is 0.189. The average Bonchev–Trinajstić information content (AvgIpc) is 2.93. The van der Waals surface area contributed by atoms with Gasteiger partial charge in [0.1, 0.15) is 6.61 Å². The Morgan fingerprint density at radius 2 is 1.68 bits per heavy atom. The van der Waals surface area contributed by atoms with Crippen molar-refractivity contribution < 1.29 is 9.47 Å². The van der Waals surface area contributed by atoms with Crippen LogP contribution in [0.25, 0.3) is 22.3 Å². The van der Waals surface area contributed by atoms with Crippen molar-refractivity contribution in [1.29, 1.82) is 0 Å². The van der Waals surface area contributed by atoms with Gasteiger partial charge in [-0.05, 0) is 65.2 Å². The van der Waals surface area contributed by atoms with Crippen LogP contribution in [0.2, 0.25) is 0 Å². The second-order valence-electron chi connectivity index (χ2n) is 8.72. The van der Waals surface area contributed by atoms with Gasteiger partial charge in [0, 0.05) is 5.56 Å². The molecule has 7 heteroatoms. The van der Waals surface area contributed by atoms with Crippen LogP contribution >= 0.6 is 15.9 Å². The zero-order valence-corrected chi connectivity index (χ0v) is 22.7. The van der Waals surface area contributed by atoms with Crippen LogP contribution in [0.15, 0.2) is 105 Å². The summed E-state index contributed by atoms with van der Waals surface area (Å²) in [7, 11) is 0. The molecule has 1 heterocycles. The van der Waals surface area contributed by atoms with E-state index >= 15 is 0 Å². The molecule has 0 amide bonds. The van der Waals surface area contributed by atoms with Crippen LogP contribution in [0, 0.1) is 6.92 Å². The summed E-state index contributed by atoms with van der Waals surface area (Å²) in [6, 6.07) is 28.8. The van der Waals surface area contributed by atoms with Gasteiger partial charge in [0.2, 0.25) is 0 Å². The molecule has 0 atom stereocenters. The molecule has 38 heavy (non-hydrogen) atoms.